The molecule has 12 nitrogen and oxygen atoms in total. The molecule has 3 heterocycles. The zero-order valence-corrected chi connectivity index (χ0v) is 22.8. The molecule has 0 aliphatic carbocycles. The molecule has 0 saturated carbocycles. The lowest BCUT2D eigenvalue weighted by Gasteiger charge is -2.21. The summed E-state index contributed by atoms with van der Waals surface area (Å²) in [6, 6.07) is 12.5. The van der Waals surface area contributed by atoms with E-state index in [1.165, 1.54) is 18.8 Å². The third-order valence-corrected chi connectivity index (χ3v) is 8.37. The minimum atomic E-state index is -4.02. The number of para-hydroxylation sites is 2. The van der Waals surface area contributed by atoms with E-state index in [4.69, 9.17) is 14.0 Å². The summed E-state index contributed by atoms with van der Waals surface area (Å²) in [5.74, 6) is 0.850. The molecule has 2 unspecified atom stereocenters. The molecule has 5 rings (SSSR count). The summed E-state index contributed by atoms with van der Waals surface area (Å²) in [7, 11) is -1.01. The largest absolute Gasteiger partial charge is 0.494 e. The Kier molecular flexibility index (Phi) is 6.91. The zero-order valence-electron chi connectivity index (χ0n) is 22.0. The van der Waals surface area contributed by atoms with Crippen molar-refractivity contribution in [3.63, 3.8) is 0 Å². The van der Waals surface area contributed by atoms with Crippen molar-refractivity contribution in [2.75, 3.05) is 18.9 Å². The van der Waals surface area contributed by atoms with E-state index in [-0.39, 0.29) is 11.8 Å². The number of aromatic nitrogens is 6. The van der Waals surface area contributed by atoms with Gasteiger partial charge in [-0.3, -0.25) is 9.29 Å². The van der Waals surface area contributed by atoms with Crippen molar-refractivity contribution < 1.29 is 22.4 Å². The van der Waals surface area contributed by atoms with Crippen LogP contribution in [0.2, 0.25) is 0 Å². The number of nitrogens with zero attached hydrogens (tertiary/aromatic N) is 6. The number of sulfonamides is 1. The molecule has 0 saturated heterocycles. The van der Waals surface area contributed by atoms with E-state index in [0.29, 0.717) is 39.7 Å². The first-order chi connectivity index (χ1) is 18.7. The highest BCUT2D eigenvalue weighted by molar-refractivity contribution is 7.93. The summed E-state index contributed by atoms with van der Waals surface area (Å²) in [6.07, 6.45) is 3.31. The summed E-state index contributed by atoms with van der Waals surface area (Å²) in [5, 5.41) is 12.5. The van der Waals surface area contributed by atoms with Crippen LogP contribution >= 0.6 is 0 Å². The molecule has 2 atom stereocenters. The first-order valence-corrected chi connectivity index (χ1v) is 13.6. The van der Waals surface area contributed by atoms with Crippen LogP contribution in [0.1, 0.15) is 31.2 Å². The molecule has 13 heteroatoms. The number of methoxy groups -OCH3 is 2. The fourth-order valence-corrected chi connectivity index (χ4v) is 5.38. The van der Waals surface area contributed by atoms with Gasteiger partial charge in [-0.05, 0) is 43.7 Å². The van der Waals surface area contributed by atoms with E-state index < -0.39 is 21.2 Å². The maximum absolute atomic E-state index is 13.6. The highest BCUT2D eigenvalue weighted by atomic mass is 32.2. The van der Waals surface area contributed by atoms with Crippen molar-refractivity contribution in [2.45, 2.75) is 31.9 Å². The maximum atomic E-state index is 13.6. The van der Waals surface area contributed by atoms with Crippen LogP contribution in [0.3, 0.4) is 0 Å². The van der Waals surface area contributed by atoms with Crippen molar-refractivity contribution in [3.05, 3.63) is 66.2 Å². The molecule has 5 aromatic rings. The van der Waals surface area contributed by atoms with Crippen LogP contribution in [-0.2, 0) is 10.0 Å². The average Bonchev–Trinajstić information content (AvgIpc) is 3.55. The second-order valence-corrected chi connectivity index (χ2v) is 11.0. The minimum Gasteiger partial charge on any atom is -0.494 e. The molecule has 0 spiro atoms. The molecule has 202 valence electrons. The summed E-state index contributed by atoms with van der Waals surface area (Å²) in [6.45, 7) is 5.22. The predicted molar refractivity (Wildman–Crippen MR) is 145 cm³/mol. The fourth-order valence-electron chi connectivity index (χ4n) is 4.15. The van der Waals surface area contributed by atoms with Crippen molar-refractivity contribution in [2.24, 2.45) is 0 Å². The number of rotatable bonds is 9. The molecular weight excluding hydrogens is 522 g/mol. The number of aryl methyl sites for hydroxylation is 1. The van der Waals surface area contributed by atoms with Gasteiger partial charge in [0.1, 0.15) is 23.0 Å². The predicted octanol–water partition coefficient (Wildman–Crippen LogP) is 4.13. The highest BCUT2D eigenvalue weighted by Gasteiger charge is 2.33. The van der Waals surface area contributed by atoms with Crippen LogP contribution < -0.4 is 14.2 Å². The van der Waals surface area contributed by atoms with Gasteiger partial charge in [0, 0.05) is 18.3 Å². The van der Waals surface area contributed by atoms with Crippen LogP contribution in [0.25, 0.3) is 28.2 Å². The summed E-state index contributed by atoms with van der Waals surface area (Å²) < 4.78 is 48.1. The Morgan fingerprint density at radius 2 is 1.62 bits per heavy atom. The Morgan fingerprint density at radius 1 is 0.949 bits per heavy atom. The van der Waals surface area contributed by atoms with Crippen LogP contribution in [0.4, 0.5) is 5.95 Å². The second-order valence-electron chi connectivity index (χ2n) is 8.98. The third-order valence-electron chi connectivity index (χ3n) is 6.51. The molecule has 1 N–H and O–H groups in total. The van der Waals surface area contributed by atoms with Crippen LogP contribution in [0.5, 0.6) is 11.5 Å². The fraction of sp³-hybridized carbons (Fsp3) is 0.269. The number of anilines is 1. The number of hydrogen-bond acceptors (Lipinski definition) is 10. The standard InChI is InChI=1S/C26H27N7O5S/c1-15-13-27-24(28-14-15)16(2)17(3)39(34,35)32-26-30-29-25(22-18-9-6-7-10-19(18)38-31-22)33(26)23-20(36-4)11-8-12-21(23)37-5/h6-14,16-17H,1-5H3,(H,30,32). The zero-order chi connectivity index (χ0) is 27.7. The lowest BCUT2D eigenvalue weighted by Crippen LogP contribution is -2.31. The first kappa shape index (κ1) is 26.1. The molecular formula is C26H27N7O5S. The lowest BCUT2D eigenvalue weighted by atomic mass is 10.1. The van der Waals surface area contributed by atoms with E-state index in [2.05, 4.69) is 30.0 Å². The third kappa shape index (κ3) is 4.76. The number of hydrogen-bond donors (Lipinski definition) is 1. The van der Waals surface area contributed by atoms with Gasteiger partial charge in [0.25, 0.3) is 0 Å². The highest BCUT2D eigenvalue weighted by Crippen LogP contribution is 2.39. The molecule has 0 fully saturated rings. The van der Waals surface area contributed by atoms with Gasteiger partial charge in [0.2, 0.25) is 16.0 Å². The Labute approximate surface area is 225 Å². The summed E-state index contributed by atoms with van der Waals surface area (Å²) in [5.41, 5.74) is 2.17. The Balaban J connectivity index is 1.65. The molecule has 3 aromatic heterocycles. The second kappa shape index (κ2) is 10.3. The van der Waals surface area contributed by atoms with Gasteiger partial charge in [-0.15, -0.1) is 10.2 Å². The first-order valence-electron chi connectivity index (χ1n) is 12.1. The van der Waals surface area contributed by atoms with Gasteiger partial charge >= 0.3 is 0 Å². The summed E-state index contributed by atoms with van der Waals surface area (Å²) in [4.78, 5) is 8.62. The smallest absolute Gasteiger partial charge is 0.243 e. The number of fused-ring (bicyclic) bond motifs is 1. The van der Waals surface area contributed by atoms with Crippen molar-refractivity contribution in [1.82, 2.24) is 29.9 Å². The van der Waals surface area contributed by atoms with Crippen molar-refractivity contribution in [3.8, 4) is 28.7 Å². The molecule has 0 aliphatic rings. The van der Waals surface area contributed by atoms with Gasteiger partial charge in [-0.1, -0.05) is 30.3 Å². The van der Waals surface area contributed by atoms with Gasteiger partial charge in [0.05, 0.1) is 24.9 Å². The van der Waals surface area contributed by atoms with E-state index >= 15 is 0 Å². The monoisotopic (exact) mass is 549 g/mol. The van der Waals surface area contributed by atoms with Crippen molar-refractivity contribution >= 4 is 26.9 Å². The van der Waals surface area contributed by atoms with Crippen LogP contribution in [0, 0.1) is 6.92 Å². The number of ether oxygens (including phenoxy) is 2. The number of nitrogens with one attached hydrogen (secondary N) is 1. The van der Waals surface area contributed by atoms with E-state index in [9.17, 15) is 8.42 Å². The average molecular weight is 550 g/mol. The van der Waals surface area contributed by atoms with Crippen LogP contribution in [0.15, 0.2) is 59.4 Å². The minimum absolute atomic E-state index is 0.0799. The topological polar surface area (TPSA) is 147 Å². The van der Waals surface area contributed by atoms with Crippen molar-refractivity contribution in [1.29, 1.82) is 0 Å². The lowest BCUT2D eigenvalue weighted by molar-refractivity contribution is 0.391. The van der Waals surface area contributed by atoms with Crippen LogP contribution in [-0.4, -0.2) is 57.8 Å². The van der Waals surface area contributed by atoms with Gasteiger partial charge in [0.15, 0.2) is 17.1 Å². The SMILES string of the molecule is COc1cccc(OC)c1-n1c(NS(=O)(=O)C(C)C(C)c2ncc(C)cn2)nnc1-c1noc2ccccc12. The van der Waals surface area contributed by atoms with E-state index in [0.717, 1.165) is 5.56 Å². The Bertz CT molecular complexity index is 1710. The van der Waals surface area contributed by atoms with E-state index in [1.807, 2.05) is 25.1 Å². The molecule has 0 aliphatic heterocycles. The van der Waals surface area contributed by atoms with E-state index in [1.54, 1.807) is 50.5 Å². The molecule has 39 heavy (non-hydrogen) atoms. The Morgan fingerprint density at radius 3 is 2.28 bits per heavy atom. The molecule has 0 amide bonds. The number of benzene rings is 2. The quantitative estimate of drug-likeness (QED) is 0.285. The van der Waals surface area contributed by atoms with Gasteiger partial charge in [-0.25, -0.2) is 18.4 Å². The normalized spacial score (nSPS) is 13.3. The molecule has 0 bridgehead atoms. The maximum Gasteiger partial charge on any atom is 0.243 e. The van der Waals surface area contributed by atoms with Gasteiger partial charge in [-0.2, -0.15) is 0 Å². The molecule has 2 aromatic carbocycles. The Hall–Kier alpha value is -4.52. The summed E-state index contributed by atoms with van der Waals surface area (Å²) >= 11 is 0. The van der Waals surface area contributed by atoms with Gasteiger partial charge < -0.3 is 14.0 Å². The molecule has 0 radical (unpaired) electrons.